The molecule has 0 N–H and O–H groups in total. The Morgan fingerprint density at radius 2 is 1.59 bits per heavy atom. The number of fused-ring (bicyclic) bond motifs is 1. The largest absolute Gasteiger partial charge is 0.495 e. The number of ether oxygens (including phenoxy) is 4. The summed E-state index contributed by atoms with van der Waals surface area (Å²) in [6.45, 7) is 3.00. The summed E-state index contributed by atoms with van der Waals surface area (Å²) in [5, 5.41) is 0. The maximum Gasteiger partial charge on any atom is 0.264 e. The van der Waals surface area contributed by atoms with E-state index in [0.29, 0.717) is 41.9 Å². The zero-order valence-electron chi connectivity index (χ0n) is 18.0. The van der Waals surface area contributed by atoms with Crippen molar-refractivity contribution in [3.05, 3.63) is 72.3 Å². The van der Waals surface area contributed by atoms with Gasteiger partial charge in [0, 0.05) is 6.07 Å². The van der Waals surface area contributed by atoms with E-state index in [4.69, 9.17) is 18.9 Å². The average molecular weight is 456 g/mol. The molecule has 0 amide bonds. The quantitative estimate of drug-likeness (QED) is 0.510. The van der Waals surface area contributed by atoms with Gasteiger partial charge in [0.1, 0.15) is 31.3 Å². The van der Waals surface area contributed by atoms with Gasteiger partial charge in [-0.25, -0.2) is 8.42 Å². The van der Waals surface area contributed by atoms with Crippen molar-refractivity contribution in [1.82, 2.24) is 0 Å². The van der Waals surface area contributed by atoms with Crippen molar-refractivity contribution in [1.29, 1.82) is 0 Å². The van der Waals surface area contributed by atoms with Gasteiger partial charge in [-0.2, -0.15) is 0 Å². The average Bonchev–Trinajstić information content (AvgIpc) is 2.82. The fourth-order valence-corrected chi connectivity index (χ4v) is 4.95. The molecule has 0 atom stereocenters. The van der Waals surface area contributed by atoms with Crippen molar-refractivity contribution in [2.45, 2.75) is 11.8 Å². The van der Waals surface area contributed by atoms with E-state index in [2.05, 4.69) is 0 Å². The van der Waals surface area contributed by atoms with Gasteiger partial charge in [-0.15, -0.1) is 0 Å². The molecule has 4 rings (SSSR count). The molecule has 0 fully saturated rings. The first-order chi connectivity index (χ1) is 15.5. The second-order valence-electron chi connectivity index (χ2n) is 7.17. The van der Waals surface area contributed by atoms with E-state index in [0.717, 1.165) is 5.56 Å². The summed E-state index contributed by atoms with van der Waals surface area (Å²) in [4.78, 5) is 0.101. The molecule has 32 heavy (non-hydrogen) atoms. The summed E-state index contributed by atoms with van der Waals surface area (Å²) in [5.74, 6) is 2.10. The highest BCUT2D eigenvalue weighted by Crippen LogP contribution is 2.36. The van der Waals surface area contributed by atoms with E-state index in [1.807, 2.05) is 31.2 Å². The number of nitrogens with zero attached hydrogens (tertiary/aromatic N) is 1. The third-order valence-corrected chi connectivity index (χ3v) is 6.91. The molecule has 3 aromatic rings. The monoisotopic (exact) mass is 455 g/mol. The molecule has 0 aliphatic carbocycles. The molecule has 1 aliphatic heterocycles. The van der Waals surface area contributed by atoms with Crippen molar-refractivity contribution < 1.29 is 27.4 Å². The molecule has 0 bridgehead atoms. The molecule has 8 heteroatoms. The van der Waals surface area contributed by atoms with Gasteiger partial charge >= 0.3 is 0 Å². The van der Waals surface area contributed by atoms with E-state index < -0.39 is 10.0 Å². The molecule has 0 unspecified atom stereocenters. The van der Waals surface area contributed by atoms with Gasteiger partial charge in [0.2, 0.25) is 0 Å². The Hall–Kier alpha value is -3.39. The third-order valence-electron chi connectivity index (χ3n) is 5.10. The zero-order chi connectivity index (χ0) is 22.6. The number of hydrogen-bond donors (Lipinski definition) is 0. The van der Waals surface area contributed by atoms with Crippen LogP contribution < -0.4 is 23.3 Å². The normalized spacial score (nSPS) is 12.8. The van der Waals surface area contributed by atoms with Gasteiger partial charge in [0.25, 0.3) is 10.0 Å². The Kier molecular flexibility index (Phi) is 6.41. The van der Waals surface area contributed by atoms with Crippen LogP contribution in [0.5, 0.6) is 23.0 Å². The molecule has 1 heterocycles. The topological polar surface area (TPSA) is 74.3 Å². The summed E-state index contributed by atoms with van der Waals surface area (Å²) < 4.78 is 51.2. The summed E-state index contributed by atoms with van der Waals surface area (Å²) in [7, 11) is -2.44. The van der Waals surface area contributed by atoms with Crippen LogP contribution in [-0.4, -0.2) is 41.9 Å². The van der Waals surface area contributed by atoms with Crippen LogP contribution >= 0.6 is 0 Å². The highest BCUT2D eigenvalue weighted by Gasteiger charge is 2.29. The van der Waals surface area contributed by atoms with Crippen LogP contribution in [0, 0.1) is 6.92 Å². The van der Waals surface area contributed by atoms with Crippen molar-refractivity contribution >= 4 is 15.7 Å². The van der Waals surface area contributed by atoms with Crippen LogP contribution in [0.25, 0.3) is 0 Å². The minimum Gasteiger partial charge on any atom is -0.495 e. The first-order valence-electron chi connectivity index (χ1n) is 10.2. The number of rotatable bonds is 8. The molecule has 3 aromatic carbocycles. The second-order valence-corrected chi connectivity index (χ2v) is 9.03. The Balaban J connectivity index is 1.67. The number of hydrogen-bond acceptors (Lipinski definition) is 6. The fraction of sp³-hybridized carbons (Fsp3) is 0.250. The Morgan fingerprint density at radius 1 is 0.906 bits per heavy atom. The molecule has 0 aromatic heterocycles. The van der Waals surface area contributed by atoms with Crippen LogP contribution in [0.4, 0.5) is 5.69 Å². The number of sulfonamides is 1. The van der Waals surface area contributed by atoms with Crippen LogP contribution in [0.3, 0.4) is 0 Å². The highest BCUT2D eigenvalue weighted by molar-refractivity contribution is 7.92. The van der Waals surface area contributed by atoms with E-state index in [1.165, 1.54) is 23.5 Å². The zero-order valence-corrected chi connectivity index (χ0v) is 18.8. The molecule has 0 saturated heterocycles. The lowest BCUT2D eigenvalue weighted by molar-refractivity contribution is 0.171. The van der Waals surface area contributed by atoms with Gasteiger partial charge in [-0.1, -0.05) is 30.3 Å². The molecule has 7 nitrogen and oxygen atoms in total. The maximum absolute atomic E-state index is 13.7. The lowest BCUT2D eigenvalue weighted by Gasteiger charge is -2.27. The number of anilines is 1. The fourth-order valence-electron chi connectivity index (χ4n) is 3.47. The number of para-hydroxylation sites is 3. The molecule has 1 aliphatic rings. The van der Waals surface area contributed by atoms with Crippen LogP contribution in [-0.2, 0) is 10.0 Å². The molecule has 0 saturated carbocycles. The predicted octanol–water partition coefficient (Wildman–Crippen LogP) is 4.05. The Labute approximate surface area is 188 Å². The summed E-state index contributed by atoms with van der Waals surface area (Å²) in [6.07, 6.45) is 0. The number of methoxy groups -OCH3 is 1. The maximum atomic E-state index is 13.7. The summed E-state index contributed by atoms with van der Waals surface area (Å²) in [6, 6.07) is 19.2. The molecular weight excluding hydrogens is 430 g/mol. The molecule has 0 spiro atoms. The van der Waals surface area contributed by atoms with Crippen molar-refractivity contribution in [2.24, 2.45) is 0 Å². The van der Waals surface area contributed by atoms with E-state index >= 15 is 0 Å². The lowest BCUT2D eigenvalue weighted by Crippen LogP contribution is -2.35. The van der Waals surface area contributed by atoms with Gasteiger partial charge in [-0.05, 0) is 42.8 Å². The Morgan fingerprint density at radius 3 is 2.34 bits per heavy atom. The summed E-state index contributed by atoms with van der Waals surface area (Å²) >= 11 is 0. The van der Waals surface area contributed by atoms with Crippen LogP contribution in [0.1, 0.15) is 5.56 Å². The summed E-state index contributed by atoms with van der Waals surface area (Å²) in [5.41, 5.74) is 1.41. The molecular formula is C24H25NO6S. The smallest absolute Gasteiger partial charge is 0.264 e. The highest BCUT2D eigenvalue weighted by atomic mass is 32.2. The van der Waals surface area contributed by atoms with Crippen LogP contribution in [0.2, 0.25) is 0 Å². The Bertz CT molecular complexity index is 1190. The molecule has 0 radical (unpaired) electrons. The third kappa shape index (κ3) is 4.45. The lowest BCUT2D eigenvalue weighted by atomic mass is 10.2. The minimum absolute atomic E-state index is 0.0888. The first-order valence-corrected chi connectivity index (χ1v) is 11.7. The van der Waals surface area contributed by atoms with Gasteiger partial charge in [0.15, 0.2) is 11.5 Å². The van der Waals surface area contributed by atoms with E-state index in [1.54, 1.807) is 30.3 Å². The van der Waals surface area contributed by atoms with Gasteiger partial charge < -0.3 is 18.9 Å². The van der Waals surface area contributed by atoms with Crippen LogP contribution in [0.15, 0.2) is 71.6 Å². The minimum atomic E-state index is -3.95. The molecule has 168 valence electrons. The standard InChI is InChI=1S/C24H25NO6S/c1-18-7-3-5-9-21(18)29-14-13-25(20-8-4-6-10-22(20)28-2)32(26,27)19-11-12-23-24(17-19)31-16-15-30-23/h3-12,17H,13-16H2,1-2H3. The number of benzene rings is 3. The first kappa shape index (κ1) is 21.8. The van der Waals surface area contributed by atoms with E-state index in [-0.39, 0.29) is 18.0 Å². The predicted molar refractivity (Wildman–Crippen MR) is 122 cm³/mol. The SMILES string of the molecule is COc1ccccc1N(CCOc1ccccc1C)S(=O)(=O)c1ccc2c(c1)OCCO2. The van der Waals surface area contributed by atoms with Gasteiger partial charge in [0.05, 0.1) is 24.2 Å². The van der Waals surface area contributed by atoms with Crippen molar-refractivity contribution in [2.75, 3.05) is 37.8 Å². The van der Waals surface area contributed by atoms with Crippen molar-refractivity contribution in [3.8, 4) is 23.0 Å². The van der Waals surface area contributed by atoms with Gasteiger partial charge in [-0.3, -0.25) is 4.31 Å². The van der Waals surface area contributed by atoms with E-state index in [9.17, 15) is 8.42 Å². The number of aryl methyl sites for hydroxylation is 1. The van der Waals surface area contributed by atoms with Crippen molar-refractivity contribution in [3.63, 3.8) is 0 Å². The second kappa shape index (κ2) is 9.40.